The molecular formula is C21H19ClFN5. The summed E-state index contributed by atoms with van der Waals surface area (Å²) in [6, 6.07) is 5.51. The van der Waals surface area contributed by atoms with Crippen molar-refractivity contribution in [3.63, 3.8) is 0 Å². The van der Waals surface area contributed by atoms with Gasteiger partial charge in [-0.3, -0.25) is 0 Å². The van der Waals surface area contributed by atoms with Crippen molar-refractivity contribution in [2.45, 2.75) is 31.1 Å². The molecule has 0 N–H and O–H groups in total. The standard InChI is InChI=1S/C21H19ClFN5/c22-17-8-13(9-18(19(17)23)28-6-1-2-7-28)15-10-16(15)14-11-26-21(27-12-14)20-24-4-3-5-25-20/h3-5,8-9,11-12,15-16H,1-2,6-7,10H2. The second-order valence-corrected chi connectivity index (χ2v) is 7.80. The number of hydrogen-bond acceptors (Lipinski definition) is 5. The SMILES string of the molecule is Fc1c(Cl)cc(C2CC2c2cnc(-c3ncccn3)nc2)cc1N1CCCC1. The maximum atomic E-state index is 14.5. The molecule has 1 aliphatic heterocycles. The third-order valence-electron chi connectivity index (χ3n) is 5.56. The van der Waals surface area contributed by atoms with E-state index in [2.05, 4.69) is 24.8 Å². The van der Waals surface area contributed by atoms with Gasteiger partial charge in [0, 0.05) is 37.9 Å². The lowest BCUT2D eigenvalue weighted by atomic mass is 10.1. The molecule has 3 heterocycles. The third-order valence-corrected chi connectivity index (χ3v) is 5.84. The lowest BCUT2D eigenvalue weighted by Crippen LogP contribution is -2.19. The average Bonchev–Trinajstić information content (AvgIpc) is 3.35. The van der Waals surface area contributed by atoms with Crippen molar-refractivity contribution in [2.75, 3.05) is 18.0 Å². The van der Waals surface area contributed by atoms with Crippen LogP contribution >= 0.6 is 11.6 Å². The van der Waals surface area contributed by atoms with Crippen LogP contribution in [0.1, 0.15) is 42.2 Å². The van der Waals surface area contributed by atoms with Crippen molar-refractivity contribution in [2.24, 2.45) is 0 Å². The van der Waals surface area contributed by atoms with E-state index in [1.54, 1.807) is 24.5 Å². The van der Waals surface area contributed by atoms with Crippen LogP contribution in [0.5, 0.6) is 0 Å². The van der Waals surface area contributed by atoms with Gasteiger partial charge in [0.2, 0.25) is 0 Å². The Morgan fingerprint density at radius 1 is 0.893 bits per heavy atom. The van der Waals surface area contributed by atoms with Crippen LogP contribution in [0.3, 0.4) is 0 Å². The van der Waals surface area contributed by atoms with E-state index in [0.29, 0.717) is 29.2 Å². The molecule has 1 aliphatic carbocycles. The van der Waals surface area contributed by atoms with Gasteiger partial charge < -0.3 is 4.90 Å². The van der Waals surface area contributed by atoms with Crippen LogP contribution < -0.4 is 4.90 Å². The molecule has 5 rings (SSSR count). The van der Waals surface area contributed by atoms with Crippen molar-refractivity contribution in [1.29, 1.82) is 0 Å². The lowest BCUT2D eigenvalue weighted by molar-refractivity contribution is 0.622. The van der Waals surface area contributed by atoms with Gasteiger partial charge in [-0.2, -0.15) is 0 Å². The van der Waals surface area contributed by atoms with Crippen LogP contribution in [0.15, 0.2) is 43.0 Å². The van der Waals surface area contributed by atoms with Gasteiger partial charge in [0.15, 0.2) is 17.5 Å². The van der Waals surface area contributed by atoms with E-state index in [4.69, 9.17) is 11.6 Å². The third kappa shape index (κ3) is 3.22. The summed E-state index contributed by atoms with van der Waals surface area (Å²) in [6.07, 6.45) is 10.2. The molecule has 1 aromatic carbocycles. The van der Waals surface area contributed by atoms with E-state index in [-0.39, 0.29) is 10.8 Å². The molecule has 1 saturated heterocycles. The van der Waals surface area contributed by atoms with Crippen LogP contribution in [0.4, 0.5) is 10.1 Å². The van der Waals surface area contributed by atoms with Crippen LogP contribution in [0, 0.1) is 5.82 Å². The second-order valence-electron chi connectivity index (χ2n) is 7.39. The highest BCUT2D eigenvalue weighted by atomic mass is 35.5. The van der Waals surface area contributed by atoms with Crippen molar-refractivity contribution in [3.05, 3.63) is 65.0 Å². The normalized spacial score (nSPS) is 21.1. The molecule has 28 heavy (non-hydrogen) atoms. The fraction of sp³-hybridized carbons (Fsp3) is 0.333. The molecule has 3 aromatic rings. The Kier molecular flexibility index (Phi) is 4.43. The van der Waals surface area contributed by atoms with E-state index in [0.717, 1.165) is 43.5 Å². The quantitative estimate of drug-likeness (QED) is 0.646. The molecule has 2 atom stereocenters. The molecular weight excluding hydrogens is 377 g/mol. The van der Waals surface area contributed by atoms with Crippen LogP contribution in [0.25, 0.3) is 11.6 Å². The number of hydrogen-bond donors (Lipinski definition) is 0. The monoisotopic (exact) mass is 395 g/mol. The Labute approximate surface area is 167 Å². The summed E-state index contributed by atoms with van der Waals surface area (Å²) in [5, 5.41) is 0.206. The van der Waals surface area contributed by atoms with Crippen LogP contribution in [0.2, 0.25) is 5.02 Å². The molecule has 142 valence electrons. The van der Waals surface area contributed by atoms with Gasteiger partial charge in [-0.05, 0) is 60.4 Å². The summed E-state index contributed by atoms with van der Waals surface area (Å²) >= 11 is 6.21. The summed E-state index contributed by atoms with van der Waals surface area (Å²) in [4.78, 5) is 19.3. The first kappa shape index (κ1) is 17.5. The lowest BCUT2D eigenvalue weighted by Gasteiger charge is -2.20. The highest BCUT2D eigenvalue weighted by Gasteiger charge is 2.41. The zero-order chi connectivity index (χ0) is 19.1. The Hall–Kier alpha value is -2.60. The fourth-order valence-corrected chi connectivity index (χ4v) is 4.21. The van der Waals surface area contributed by atoms with Crippen molar-refractivity contribution < 1.29 is 4.39 Å². The minimum absolute atomic E-state index is 0.206. The molecule has 0 bridgehead atoms. The average molecular weight is 396 g/mol. The molecule has 1 saturated carbocycles. The zero-order valence-electron chi connectivity index (χ0n) is 15.2. The van der Waals surface area contributed by atoms with Gasteiger partial charge in [-0.25, -0.2) is 24.3 Å². The first-order valence-electron chi connectivity index (χ1n) is 9.54. The molecule has 7 heteroatoms. The van der Waals surface area contributed by atoms with Gasteiger partial charge in [-0.15, -0.1) is 0 Å². The number of benzene rings is 1. The second kappa shape index (κ2) is 7.09. The maximum absolute atomic E-state index is 14.5. The number of nitrogens with zero attached hydrogens (tertiary/aromatic N) is 5. The molecule has 2 unspecified atom stereocenters. The molecule has 0 amide bonds. The molecule has 0 radical (unpaired) electrons. The number of aromatic nitrogens is 4. The van der Waals surface area contributed by atoms with Gasteiger partial charge in [0.25, 0.3) is 0 Å². The highest BCUT2D eigenvalue weighted by Crippen LogP contribution is 2.55. The Bertz CT molecular complexity index is 990. The van der Waals surface area contributed by atoms with Gasteiger partial charge in [0.05, 0.1) is 10.7 Å². The van der Waals surface area contributed by atoms with Crippen molar-refractivity contribution >= 4 is 17.3 Å². The predicted molar refractivity (Wildman–Crippen MR) is 106 cm³/mol. The summed E-state index contributed by atoms with van der Waals surface area (Å²) in [5.41, 5.74) is 2.81. The Morgan fingerprint density at radius 3 is 2.25 bits per heavy atom. The first-order valence-corrected chi connectivity index (χ1v) is 9.92. The van der Waals surface area contributed by atoms with Crippen LogP contribution in [-0.2, 0) is 0 Å². The summed E-state index contributed by atoms with van der Waals surface area (Å²) in [7, 11) is 0. The fourth-order valence-electron chi connectivity index (χ4n) is 3.99. The number of halogens is 2. The summed E-state index contributed by atoms with van der Waals surface area (Å²) < 4.78 is 14.5. The Morgan fingerprint density at radius 2 is 1.54 bits per heavy atom. The summed E-state index contributed by atoms with van der Waals surface area (Å²) in [6.45, 7) is 1.78. The van der Waals surface area contributed by atoms with E-state index in [1.807, 2.05) is 18.5 Å². The first-order chi connectivity index (χ1) is 13.7. The largest absolute Gasteiger partial charge is 0.369 e. The number of anilines is 1. The molecule has 0 spiro atoms. The van der Waals surface area contributed by atoms with Gasteiger partial charge >= 0.3 is 0 Å². The molecule has 2 aromatic heterocycles. The highest BCUT2D eigenvalue weighted by molar-refractivity contribution is 6.31. The topological polar surface area (TPSA) is 54.8 Å². The van der Waals surface area contributed by atoms with Gasteiger partial charge in [0.1, 0.15) is 0 Å². The van der Waals surface area contributed by atoms with Crippen LogP contribution in [-0.4, -0.2) is 33.0 Å². The van der Waals surface area contributed by atoms with E-state index >= 15 is 0 Å². The van der Waals surface area contributed by atoms with E-state index in [9.17, 15) is 4.39 Å². The Balaban J connectivity index is 1.37. The van der Waals surface area contributed by atoms with Crippen molar-refractivity contribution in [3.8, 4) is 11.6 Å². The molecule has 2 fully saturated rings. The summed E-state index contributed by atoms with van der Waals surface area (Å²) in [5.74, 6) is 1.38. The van der Waals surface area contributed by atoms with E-state index in [1.165, 1.54) is 0 Å². The van der Waals surface area contributed by atoms with E-state index < -0.39 is 0 Å². The number of rotatable bonds is 4. The smallest absolute Gasteiger partial charge is 0.197 e. The zero-order valence-corrected chi connectivity index (χ0v) is 16.0. The minimum Gasteiger partial charge on any atom is -0.369 e. The minimum atomic E-state index is -0.305. The predicted octanol–water partition coefficient (Wildman–Crippen LogP) is 4.60. The maximum Gasteiger partial charge on any atom is 0.197 e. The van der Waals surface area contributed by atoms with Crippen molar-refractivity contribution in [1.82, 2.24) is 19.9 Å². The molecule has 5 nitrogen and oxygen atoms in total. The van der Waals surface area contributed by atoms with Gasteiger partial charge in [-0.1, -0.05) is 11.6 Å². The molecule has 2 aliphatic rings.